The number of aromatic nitrogens is 1. The van der Waals surface area contributed by atoms with Crippen molar-refractivity contribution in [2.24, 2.45) is 0 Å². The largest absolute Gasteiger partial charge is 0.493 e. The number of hydrogen-bond acceptors (Lipinski definition) is 4. The molecule has 2 aromatic rings. The summed E-state index contributed by atoms with van der Waals surface area (Å²) in [4.78, 5) is 15.4. The van der Waals surface area contributed by atoms with Gasteiger partial charge >= 0.3 is 6.18 Å². The van der Waals surface area contributed by atoms with E-state index in [1.165, 1.54) is 12.1 Å². The van der Waals surface area contributed by atoms with Crippen molar-refractivity contribution >= 4 is 11.7 Å². The number of ether oxygens (including phenoxy) is 1. The van der Waals surface area contributed by atoms with E-state index in [4.69, 9.17) is 4.74 Å². The first-order chi connectivity index (χ1) is 10.9. The fourth-order valence-electron chi connectivity index (χ4n) is 2.18. The zero-order valence-corrected chi connectivity index (χ0v) is 11.8. The predicted molar refractivity (Wildman–Crippen MR) is 76.0 cm³/mol. The van der Waals surface area contributed by atoms with E-state index >= 15 is 0 Å². The van der Waals surface area contributed by atoms with Crippen LogP contribution >= 0.6 is 0 Å². The number of anilines is 1. The Labute approximate surface area is 129 Å². The highest BCUT2D eigenvalue weighted by atomic mass is 19.4. The number of pyridine rings is 1. The smallest absolute Gasteiger partial charge is 0.433 e. The molecule has 0 radical (unpaired) electrons. The minimum atomic E-state index is -4.54. The number of fused-ring (bicyclic) bond motifs is 1. The van der Waals surface area contributed by atoms with Crippen molar-refractivity contribution in [3.8, 4) is 5.75 Å². The van der Waals surface area contributed by atoms with Crippen molar-refractivity contribution in [3.05, 3.63) is 53.2 Å². The zero-order valence-electron chi connectivity index (χ0n) is 11.8. The van der Waals surface area contributed by atoms with Crippen LogP contribution in [0.4, 0.5) is 19.0 Å². The van der Waals surface area contributed by atoms with E-state index in [1.54, 1.807) is 18.2 Å². The highest BCUT2D eigenvalue weighted by Crippen LogP contribution is 2.28. The molecule has 120 valence electrons. The Hall–Kier alpha value is -2.77. The van der Waals surface area contributed by atoms with Gasteiger partial charge in [-0.05, 0) is 35.9 Å². The Morgan fingerprint density at radius 1 is 1.22 bits per heavy atom. The topological polar surface area (TPSA) is 63.2 Å². The second-order valence-corrected chi connectivity index (χ2v) is 4.91. The van der Waals surface area contributed by atoms with Crippen LogP contribution in [0, 0.1) is 0 Å². The summed E-state index contributed by atoms with van der Waals surface area (Å²) in [5, 5.41) is 0. The maximum absolute atomic E-state index is 12.6. The van der Waals surface area contributed by atoms with E-state index in [1.807, 2.05) is 0 Å². The average molecular weight is 323 g/mol. The fraction of sp³-hybridized carbons (Fsp3) is 0.200. The third-order valence-corrected chi connectivity index (χ3v) is 3.30. The summed E-state index contributed by atoms with van der Waals surface area (Å²) >= 11 is 0. The van der Waals surface area contributed by atoms with Gasteiger partial charge in [0.05, 0.1) is 6.61 Å². The normalized spacial score (nSPS) is 13.2. The number of benzene rings is 1. The maximum Gasteiger partial charge on any atom is 0.433 e. The highest BCUT2D eigenvalue weighted by Gasteiger charge is 2.32. The van der Waals surface area contributed by atoms with Crippen LogP contribution in [0.2, 0.25) is 0 Å². The molecule has 0 fully saturated rings. The van der Waals surface area contributed by atoms with Crippen molar-refractivity contribution in [1.82, 2.24) is 10.4 Å². The SMILES string of the molecule is O=C(NNc1cccc(C(F)(F)F)n1)c1ccc2c(c1)CCO2. The molecule has 0 saturated carbocycles. The van der Waals surface area contributed by atoms with Gasteiger partial charge in [-0.1, -0.05) is 6.07 Å². The molecule has 0 bridgehead atoms. The molecule has 1 aliphatic rings. The van der Waals surface area contributed by atoms with E-state index in [9.17, 15) is 18.0 Å². The van der Waals surface area contributed by atoms with E-state index in [0.29, 0.717) is 12.2 Å². The Kier molecular flexibility index (Phi) is 3.81. The van der Waals surface area contributed by atoms with Gasteiger partial charge in [-0.15, -0.1) is 0 Å². The Bertz CT molecular complexity index is 747. The van der Waals surface area contributed by atoms with Gasteiger partial charge in [0.15, 0.2) is 0 Å². The number of hydrazine groups is 1. The molecule has 0 unspecified atom stereocenters. The van der Waals surface area contributed by atoms with Gasteiger partial charge in [0, 0.05) is 12.0 Å². The number of halogens is 3. The molecular formula is C15H12F3N3O2. The van der Waals surface area contributed by atoms with Gasteiger partial charge in [-0.2, -0.15) is 13.2 Å². The number of carbonyl (C=O) groups is 1. The number of rotatable bonds is 3. The quantitative estimate of drug-likeness (QED) is 0.853. The monoisotopic (exact) mass is 323 g/mol. The molecule has 1 aromatic carbocycles. The minimum absolute atomic E-state index is 0.0994. The summed E-state index contributed by atoms with van der Waals surface area (Å²) in [5.41, 5.74) is 4.98. The number of hydrogen-bond donors (Lipinski definition) is 2. The van der Waals surface area contributed by atoms with Gasteiger partial charge in [-0.3, -0.25) is 15.6 Å². The van der Waals surface area contributed by atoms with Crippen LogP contribution in [0.25, 0.3) is 0 Å². The minimum Gasteiger partial charge on any atom is -0.493 e. The molecule has 8 heteroatoms. The second kappa shape index (κ2) is 5.79. The average Bonchev–Trinajstić information content (AvgIpc) is 2.99. The van der Waals surface area contributed by atoms with Crippen molar-refractivity contribution in [1.29, 1.82) is 0 Å². The van der Waals surface area contributed by atoms with Crippen LogP contribution in [-0.4, -0.2) is 17.5 Å². The lowest BCUT2D eigenvalue weighted by molar-refractivity contribution is -0.141. The summed E-state index contributed by atoms with van der Waals surface area (Å²) < 4.78 is 43.1. The highest BCUT2D eigenvalue weighted by molar-refractivity contribution is 5.95. The molecule has 1 amide bonds. The third kappa shape index (κ3) is 3.36. The first-order valence-electron chi connectivity index (χ1n) is 6.80. The van der Waals surface area contributed by atoms with Gasteiger partial charge in [0.25, 0.3) is 5.91 Å². The van der Waals surface area contributed by atoms with Crippen LogP contribution in [0.15, 0.2) is 36.4 Å². The number of amides is 1. The molecule has 5 nitrogen and oxygen atoms in total. The molecule has 23 heavy (non-hydrogen) atoms. The van der Waals surface area contributed by atoms with E-state index < -0.39 is 17.8 Å². The van der Waals surface area contributed by atoms with E-state index in [2.05, 4.69) is 15.8 Å². The Balaban J connectivity index is 1.67. The number of alkyl halides is 3. The molecule has 2 heterocycles. The van der Waals surface area contributed by atoms with Gasteiger partial charge in [0.1, 0.15) is 17.3 Å². The molecular weight excluding hydrogens is 311 g/mol. The van der Waals surface area contributed by atoms with Gasteiger partial charge < -0.3 is 4.74 Å². The molecule has 3 rings (SSSR count). The van der Waals surface area contributed by atoms with Crippen molar-refractivity contribution in [3.63, 3.8) is 0 Å². The zero-order chi connectivity index (χ0) is 16.4. The lowest BCUT2D eigenvalue weighted by Gasteiger charge is -2.11. The summed E-state index contributed by atoms with van der Waals surface area (Å²) in [5.74, 6) is 0.172. The fourth-order valence-corrected chi connectivity index (χ4v) is 2.18. The molecule has 0 spiro atoms. The van der Waals surface area contributed by atoms with Crippen LogP contribution in [-0.2, 0) is 12.6 Å². The van der Waals surface area contributed by atoms with Crippen molar-refractivity contribution in [2.75, 3.05) is 12.0 Å². The summed E-state index contributed by atoms with van der Waals surface area (Å²) in [6.45, 7) is 0.576. The maximum atomic E-state index is 12.6. The number of nitrogens with one attached hydrogen (secondary N) is 2. The number of nitrogens with zero attached hydrogens (tertiary/aromatic N) is 1. The summed E-state index contributed by atoms with van der Waals surface area (Å²) in [6, 6.07) is 8.36. The predicted octanol–water partition coefficient (Wildman–Crippen LogP) is 2.79. The summed E-state index contributed by atoms with van der Waals surface area (Å²) in [7, 11) is 0. The van der Waals surface area contributed by atoms with E-state index in [0.717, 1.165) is 23.8 Å². The van der Waals surface area contributed by atoms with Gasteiger partial charge in [0.2, 0.25) is 0 Å². The van der Waals surface area contributed by atoms with Crippen LogP contribution in [0.5, 0.6) is 5.75 Å². The lowest BCUT2D eigenvalue weighted by atomic mass is 10.1. The second-order valence-electron chi connectivity index (χ2n) is 4.91. The van der Waals surface area contributed by atoms with E-state index in [-0.39, 0.29) is 5.82 Å². The van der Waals surface area contributed by atoms with Crippen LogP contribution < -0.4 is 15.6 Å². The Morgan fingerprint density at radius 2 is 2.04 bits per heavy atom. The first-order valence-corrected chi connectivity index (χ1v) is 6.80. The third-order valence-electron chi connectivity index (χ3n) is 3.30. The van der Waals surface area contributed by atoms with Gasteiger partial charge in [-0.25, -0.2) is 4.98 Å². The Morgan fingerprint density at radius 3 is 2.83 bits per heavy atom. The van der Waals surface area contributed by atoms with Crippen LogP contribution in [0.1, 0.15) is 21.6 Å². The number of carbonyl (C=O) groups excluding carboxylic acids is 1. The standard InChI is InChI=1S/C15H12F3N3O2/c16-15(17,18)12-2-1-3-13(19-12)20-21-14(22)10-4-5-11-9(8-10)6-7-23-11/h1-5,8H,6-7H2,(H,19,20)(H,21,22). The van der Waals surface area contributed by atoms with Crippen molar-refractivity contribution < 1.29 is 22.7 Å². The molecule has 0 atom stereocenters. The molecule has 2 N–H and O–H groups in total. The lowest BCUT2D eigenvalue weighted by Crippen LogP contribution is -2.30. The van der Waals surface area contributed by atoms with Crippen molar-refractivity contribution in [2.45, 2.75) is 12.6 Å². The molecule has 0 aliphatic carbocycles. The van der Waals surface area contributed by atoms with Crippen LogP contribution in [0.3, 0.4) is 0 Å². The molecule has 0 saturated heterocycles. The molecule has 1 aliphatic heterocycles. The summed E-state index contributed by atoms with van der Waals surface area (Å²) in [6.07, 6.45) is -3.82. The first kappa shape index (κ1) is 15.1. The molecule has 1 aromatic heterocycles.